The van der Waals surface area contributed by atoms with Crippen LogP contribution >= 0.6 is 0 Å². The van der Waals surface area contributed by atoms with Crippen LogP contribution in [0.15, 0.2) is 11.6 Å². The van der Waals surface area contributed by atoms with Gasteiger partial charge in [-0.1, -0.05) is 40.7 Å². The molecule has 2 rings (SSSR count). The number of ether oxygens (including phenoxy) is 1. The van der Waals surface area contributed by atoms with E-state index >= 15 is 0 Å². The third-order valence-electron chi connectivity index (χ3n) is 5.04. The number of nitrogens with zero attached hydrogens (tertiary/aromatic N) is 2. The number of rotatable bonds is 8. The summed E-state index contributed by atoms with van der Waals surface area (Å²) in [7, 11) is 3.86. The first-order valence-electron chi connectivity index (χ1n) is 11.4. The zero-order chi connectivity index (χ0) is 24.1. The highest BCUT2D eigenvalue weighted by Crippen LogP contribution is 2.43. The van der Waals surface area contributed by atoms with Crippen LogP contribution in [-0.2, 0) is 19.1 Å². The number of likely N-dealkylation sites (tertiary alicyclic amines) is 1. The zero-order valence-corrected chi connectivity index (χ0v) is 21.1. The van der Waals surface area contributed by atoms with Gasteiger partial charge in [-0.05, 0) is 51.0 Å². The summed E-state index contributed by atoms with van der Waals surface area (Å²) >= 11 is 0. The number of esters is 1. The number of hydrogen-bond donors (Lipinski definition) is 1. The number of nitrogens with one attached hydrogen (secondary N) is 1. The first-order chi connectivity index (χ1) is 14.4. The second-order valence-electron chi connectivity index (χ2n) is 9.52. The van der Waals surface area contributed by atoms with Gasteiger partial charge in [0.1, 0.15) is 0 Å². The molecule has 2 amide bonds. The minimum absolute atomic E-state index is 0. The Morgan fingerprint density at radius 3 is 2.06 bits per heavy atom. The monoisotopic (exact) mass is 443 g/mol. The van der Waals surface area contributed by atoms with Crippen molar-refractivity contribution in [3.8, 4) is 0 Å². The van der Waals surface area contributed by atoms with Crippen LogP contribution in [-0.4, -0.2) is 74.5 Å². The topological polar surface area (TPSA) is 79.0 Å². The van der Waals surface area contributed by atoms with E-state index in [4.69, 9.17) is 4.74 Å². The lowest BCUT2D eigenvalue weighted by Gasteiger charge is -2.29. The molecular weight excluding hydrogens is 394 g/mol. The number of likely N-dealkylation sites (N-methyl/N-ethyl adjacent to an activating group) is 1. The van der Waals surface area contributed by atoms with Crippen LogP contribution in [0.1, 0.15) is 57.7 Å². The standard InChI is InChI=1S/C14H24N2O4.C6H11N.C4H10.2H2/c1-6-20-14(19)11(4)7-12(10(2)3)16(5)13(18)8-15-9-17;1-7-3-5-2-6(5)4-7;1-4(2)3;;/h7,9-10,12H,6,8H2,1-5H3,(H,15,17);5-6H,2-4H2,1H3;4H,1-3H3;2*1H/b11-7+;;;;/t12-;;;;/m1..../s1. The van der Waals surface area contributed by atoms with Crippen LogP contribution in [0.5, 0.6) is 0 Å². The highest BCUT2D eigenvalue weighted by Gasteiger charge is 2.43. The van der Waals surface area contributed by atoms with Gasteiger partial charge in [-0.2, -0.15) is 0 Å². The van der Waals surface area contributed by atoms with E-state index in [-0.39, 0.29) is 33.2 Å². The maximum absolute atomic E-state index is 11.9. The van der Waals surface area contributed by atoms with Crippen molar-refractivity contribution in [2.24, 2.45) is 23.7 Å². The summed E-state index contributed by atoms with van der Waals surface area (Å²) < 4.78 is 4.92. The Morgan fingerprint density at radius 2 is 1.71 bits per heavy atom. The molecule has 1 saturated carbocycles. The van der Waals surface area contributed by atoms with Crippen LogP contribution in [0.2, 0.25) is 0 Å². The van der Waals surface area contributed by atoms with E-state index in [2.05, 4.69) is 38.0 Å². The Labute approximate surface area is 192 Å². The Kier molecular flexibility index (Phi) is 14.1. The number of carbonyl (C=O) groups is 3. The van der Waals surface area contributed by atoms with Crippen molar-refractivity contribution in [2.75, 3.05) is 40.3 Å². The molecule has 1 heterocycles. The van der Waals surface area contributed by atoms with E-state index in [9.17, 15) is 14.4 Å². The second-order valence-corrected chi connectivity index (χ2v) is 9.52. The van der Waals surface area contributed by atoms with E-state index < -0.39 is 0 Å². The van der Waals surface area contributed by atoms with Crippen LogP contribution in [0.3, 0.4) is 0 Å². The lowest BCUT2D eigenvalue weighted by molar-refractivity contribution is -0.138. The first-order valence-corrected chi connectivity index (χ1v) is 11.4. The average molecular weight is 444 g/mol. The Bertz CT molecular complexity index is 588. The molecule has 31 heavy (non-hydrogen) atoms. The number of hydrogen-bond acceptors (Lipinski definition) is 5. The quantitative estimate of drug-likeness (QED) is 0.353. The molecule has 0 spiro atoms. The van der Waals surface area contributed by atoms with Gasteiger partial charge in [-0.15, -0.1) is 0 Å². The second kappa shape index (κ2) is 15.0. The van der Waals surface area contributed by atoms with Gasteiger partial charge in [0, 0.05) is 28.6 Å². The summed E-state index contributed by atoms with van der Waals surface area (Å²) in [6, 6.07) is -0.236. The van der Waals surface area contributed by atoms with E-state index in [0.29, 0.717) is 18.6 Å². The molecule has 7 heteroatoms. The smallest absolute Gasteiger partial charge is 0.333 e. The van der Waals surface area contributed by atoms with Crippen LogP contribution < -0.4 is 5.32 Å². The number of piperidine rings is 1. The lowest BCUT2D eigenvalue weighted by atomic mass is 10.00. The molecule has 1 saturated heterocycles. The maximum Gasteiger partial charge on any atom is 0.333 e. The molecule has 0 bridgehead atoms. The molecule has 1 aliphatic heterocycles. The van der Waals surface area contributed by atoms with Gasteiger partial charge >= 0.3 is 5.97 Å². The van der Waals surface area contributed by atoms with Gasteiger partial charge < -0.3 is 19.9 Å². The minimum atomic E-state index is -0.384. The van der Waals surface area contributed by atoms with Crippen LogP contribution in [0, 0.1) is 23.7 Å². The molecule has 184 valence electrons. The van der Waals surface area contributed by atoms with Crippen molar-refractivity contribution < 1.29 is 22.0 Å². The SMILES string of the molecule is CC(C)C.CCOC(=O)/C(C)=C/[C@H](C(C)C)N(C)C(=O)CNC=O.CN1CC2CC2C1.[HH].[HH]. The summed E-state index contributed by atoms with van der Waals surface area (Å²) in [5.41, 5.74) is 0.466. The van der Waals surface area contributed by atoms with Gasteiger partial charge in [0.05, 0.1) is 19.2 Å². The van der Waals surface area contributed by atoms with Gasteiger partial charge in [0.25, 0.3) is 0 Å². The Morgan fingerprint density at radius 1 is 1.19 bits per heavy atom. The molecule has 3 atom stereocenters. The van der Waals surface area contributed by atoms with Crippen LogP contribution in [0.4, 0.5) is 0 Å². The third kappa shape index (κ3) is 12.5. The highest BCUT2D eigenvalue weighted by molar-refractivity contribution is 5.88. The van der Waals surface area contributed by atoms with Gasteiger partial charge in [0.2, 0.25) is 12.3 Å². The van der Waals surface area contributed by atoms with Crippen molar-refractivity contribution in [3.05, 3.63) is 11.6 Å². The normalized spacial score (nSPS) is 20.5. The molecule has 2 fully saturated rings. The molecule has 2 aliphatic rings. The molecule has 1 aliphatic carbocycles. The number of carbonyl (C=O) groups excluding carboxylic acids is 3. The predicted molar refractivity (Wildman–Crippen MR) is 130 cm³/mol. The van der Waals surface area contributed by atoms with E-state index in [1.807, 2.05) is 13.8 Å². The highest BCUT2D eigenvalue weighted by atomic mass is 16.5. The van der Waals surface area contributed by atoms with Crippen molar-refractivity contribution >= 4 is 18.3 Å². The fraction of sp³-hybridized carbons (Fsp3) is 0.792. The van der Waals surface area contributed by atoms with E-state index in [1.54, 1.807) is 27.0 Å². The average Bonchev–Trinajstić information content (AvgIpc) is 3.29. The summed E-state index contributed by atoms with van der Waals surface area (Å²) in [4.78, 5) is 37.7. The van der Waals surface area contributed by atoms with Crippen molar-refractivity contribution in [1.29, 1.82) is 0 Å². The molecule has 7 nitrogen and oxygen atoms in total. The summed E-state index contributed by atoms with van der Waals surface area (Å²) in [6.45, 7) is 16.8. The molecule has 0 aromatic rings. The predicted octanol–water partition coefficient (Wildman–Crippen LogP) is 3.45. The van der Waals surface area contributed by atoms with Crippen molar-refractivity contribution in [3.63, 3.8) is 0 Å². The molecule has 0 aromatic carbocycles. The first kappa shape index (κ1) is 29.1. The van der Waals surface area contributed by atoms with Gasteiger partial charge in [0.15, 0.2) is 0 Å². The van der Waals surface area contributed by atoms with E-state index in [0.717, 1.165) is 17.8 Å². The lowest BCUT2D eigenvalue weighted by Crippen LogP contribution is -2.43. The molecule has 0 radical (unpaired) electrons. The summed E-state index contributed by atoms with van der Waals surface area (Å²) in [6.07, 6.45) is 3.74. The van der Waals surface area contributed by atoms with Crippen LogP contribution in [0.25, 0.3) is 0 Å². The van der Waals surface area contributed by atoms with Gasteiger partial charge in [-0.25, -0.2) is 4.79 Å². The molecule has 1 N–H and O–H groups in total. The Balaban J connectivity index is -0.000000562. The summed E-state index contributed by atoms with van der Waals surface area (Å²) in [5, 5.41) is 2.34. The maximum atomic E-state index is 11.9. The molecular formula is C24H49N3O4. The zero-order valence-electron chi connectivity index (χ0n) is 21.1. The summed E-state index contributed by atoms with van der Waals surface area (Å²) in [5.74, 6) is 2.59. The molecule has 2 unspecified atom stereocenters. The molecule has 0 aromatic heterocycles. The third-order valence-corrected chi connectivity index (χ3v) is 5.04. The van der Waals surface area contributed by atoms with Crippen molar-refractivity contribution in [2.45, 2.75) is 60.9 Å². The minimum Gasteiger partial charge on any atom is -0.463 e. The number of fused-ring (bicyclic) bond motifs is 1. The Hall–Kier alpha value is -1.89. The van der Waals surface area contributed by atoms with E-state index in [1.165, 1.54) is 24.4 Å². The van der Waals surface area contributed by atoms with Gasteiger partial charge in [-0.3, -0.25) is 9.59 Å². The fourth-order valence-corrected chi connectivity index (χ4v) is 3.37. The number of amides is 2. The van der Waals surface area contributed by atoms with Crippen molar-refractivity contribution in [1.82, 2.24) is 15.1 Å². The largest absolute Gasteiger partial charge is 0.463 e. The fourth-order valence-electron chi connectivity index (χ4n) is 3.37.